The first kappa shape index (κ1) is 32.0. The fraction of sp³-hybridized carbons (Fsp3) is 0.0444. The highest BCUT2D eigenvalue weighted by atomic mass is 32.1. The van der Waals surface area contributed by atoms with Gasteiger partial charge in [-0.2, -0.15) is 0 Å². The quantitative estimate of drug-likeness (QED) is 0.109. The van der Waals surface area contributed by atoms with Crippen molar-refractivity contribution in [2.24, 2.45) is 0 Å². The Labute approximate surface area is 313 Å². The van der Waals surface area contributed by atoms with E-state index in [0.29, 0.717) is 5.82 Å². The molecule has 53 heavy (non-hydrogen) atoms. The van der Waals surface area contributed by atoms with Crippen molar-refractivity contribution < 1.29 is 10.2 Å². The third kappa shape index (κ3) is 4.69. The molecule has 0 amide bonds. The molecule has 0 radical (unpaired) electrons. The second kappa shape index (κ2) is 11.7. The van der Waals surface area contributed by atoms with Crippen LogP contribution >= 0.6 is 11.3 Å². The molecule has 0 saturated carbocycles. The van der Waals surface area contributed by atoms with Crippen molar-refractivity contribution in [3.8, 4) is 27.9 Å². The summed E-state index contributed by atoms with van der Waals surface area (Å²) in [5.74, 6) is 0.583. The van der Waals surface area contributed by atoms with Gasteiger partial charge in [0.2, 0.25) is 0 Å². The molecule has 2 aromatic heterocycles. The van der Waals surface area contributed by atoms with E-state index in [1.165, 1.54) is 66.3 Å². The number of hydrogen-bond donors (Lipinski definition) is 2. The molecule has 0 atom stereocenters. The Morgan fingerprint density at radius 3 is 1.68 bits per heavy atom. The molecular formula is C45H33B3N2O2S. The zero-order valence-corrected chi connectivity index (χ0v) is 30.4. The maximum absolute atomic E-state index is 11.0. The number of benzene rings is 8. The van der Waals surface area contributed by atoms with Crippen LogP contribution in [0.1, 0.15) is 5.82 Å². The van der Waals surface area contributed by atoms with Gasteiger partial charge in [0.15, 0.2) is 7.85 Å². The molecule has 10 aromatic rings. The summed E-state index contributed by atoms with van der Waals surface area (Å²) < 4.78 is 4.70. The van der Waals surface area contributed by atoms with E-state index < -0.39 is 10.9 Å². The lowest BCUT2D eigenvalue weighted by Crippen LogP contribution is -2.54. The van der Waals surface area contributed by atoms with E-state index in [-0.39, 0.29) is 0 Å². The highest BCUT2D eigenvalue weighted by Crippen LogP contribution is 2.49. The van der Waals surface area contributed by atoms with Crippen molar-refractivity contribution in [1.82, 2.24) is 9.55 Å². The minimum Gasteiger partial charge on any atom is -0.375 e. The van der Waals surface area contributed by atoms with E-state index in [9.17, 15) is 10.2 Å². The first-order chi connectivity index (χ1) is 25.7. The molecular weight excluding hydrogens is 665 g/mol. The predicted octanol–water partition coefficient (Wildman–Crippen LogP) is 7.88. The lowest BCUT2D eigenvalue weighted by molar-refractivity contribution is -0.100. The van der Waals surface area contributed by atoms with E-state index >= 15 is 0 Å². The Balaban J connectivity index is 1.29. The summed E-state index contributed by atoms with van der Waals surface area (Å²) in [7, 11) is 5.10. The van der Waals surface area contributed by atoms with Gasteiger partial charge in [-0.05, 0) is 79.5 Å². The predicted molar refractivity (Wildman–Crippen MR) is 232 cm³/mol. The van der Waals surface area contributed by atoms with Crippen molar-refractivity contribution in [3.05, 3.63) is 157 Å². The molecule has 4 nitrogen and oxygen atoms in total. The molecule has 0 aliphatic heterocycles. The van der Waals surface area contributed by atoms with Crippen LogP contribution in [0.4, 0.5) is 0 Å². The minimum absolute atomic E-state index is 0.583. The first-order valence-corrected chi connectivity index (χ1v) is 18.8. The molecule has 0 aliphatic carbocycles. The van der Waals surface area contributed by atoms with Gasteiger partial charge in [-0.3, -0.25) is 4.57 Å². The van der Waals surface area contributed by atoms with Crippen LogP contribution < -0.4 is 0 Å². The number of aliphatic hydroxyl groups is 2. The van der Waals surface area contributed by atoms with Gasteiger partial charge in [0, 0.05) is 30.8 Å². The summed E-state index contributed by atoms with van der Waals surface area (Å²) in [4.78, 5) is 5.02. The molecule has 0 aliphatic rings. The Bertz CT molecular complexity index is 3050. The fourth-order valence-electron chi connectivity index (χ4n) is 8.29. The normalized spacial score (nSPS) is 12.6. The number of thiophene rings is 1. The van der Waals surface area contributed by atoms with Gasteiger partial charge in [-0.1, -0.05) is 121 Å². The van der Waals surface area contributed by atoms with E-state index in [1.54, 1.807) is 0 Å². The smallest absolute Gasteiger partial charge is 0.177 e. The van der Waals surface area contributed by atoms with Crippen molar-refractivity contribution in [1.29, 1.82) is 0 Å². The van der Waals surface area contributed by atoms with Gasteiger partial charge >= 0.3 is 0 Å². The van der Waals surface area contributed by atoms with Gasteiger partial charge in [-0.25, -0.2) is 4.98 Å². The second-order valence-electron chi connectivity index (χ2n) is 14.7. The van der Waals surface area contributed by atoms with Gasteiger partial charge in [0.05, 0.1) is 16.7 Å². The van der Waals surface area contributed by atoms with Crippen molar-refractivity contribution in [3.63, 3.8) is 0 Å². The highest BCUT2D eigenvalue weighted by molar-refractivity contribution is 7.26. The van der Waals surface area contributed by atoms with Crippen molar-refractivity contribution >= 4 is 98.4 Å². The fourth-order valence-corrected chi connectivity index (χ4v) is 9.42. The summed E-state index contributed by atoms with van der Waals surface area (Å²) in [5.41, 5.74) is 5.47. The molecule has 2 N–H and O–H groups in total. The number of aromatic nitrogens is 2. The molecule has 0 saturated heterocycles. The summed E-state index contributed by atoms with van der Waals surface area (Å²) >= 11 is 1.85. The number of nitrogens with zero attached hydrogens (tertiary/aromatic N) is 2. The molecule has 250 valence electrons. The zero-order valence-electron chi connectivity index (χ0n) is 29.6. The van der Waals surface area contributed by atoms with E-state index in [4.69, 9.17) is 4.98 Å². The molecule has 0 bridgehead atoms. The van der Waals surface area contributed by atoms with Gasteiger partial charge in [0.1, 0.15) is 27.2 Å². The summed E-state index contributed by atoms with van der Waals surface area (Å²) in [6.07, 6.45) is 0. The SMILES string of the molecule is BC(O)(O)C(B)(B)c1nc2ccccc2n1-c1ccc(-c2c3ccccc3c(-c3cccc4sc5ccccc5c34)c3ccccc23)c2ccccc12. The molecule has 8 aromatic carbocycles. The third-order valence-corrected chi connectivity index (χ3v) is 12.5. The minimum atomic E-state index is -2.01. The summed E-state index contributed by atoms with van der Waals surface area (Å²) in [5, 5.41) is 30.5. The Morgan fingerprint density at radius 1 is 0.491 bits per heavy atom. The van der Waals surface area contributed by atoms with Crippen molar-refractivity contribution in [2.45, 2.75) is 10.9 Å². The zero-order chi connectivity index (χ0) is 36.1. The lowest BCUT2D eigenvalue weighted by Gasteiger charge is -2.36. The van der Waals surface area contributed by atoms with Crippen LogP contribution in [0.2, 0.25) is 0 Å². The topological polar surface area (TPSA) is 58.3 Å². The van der Waals surface area contributed by atoms with Crippen LogP contribution in [0.25, 0.3) is 91.5 Å². The monoisotopic (exact) mass is 698 g/mol. The highest BCUT2D eigenvalue weighted by Gasteiger charge is 2.42. The van der Waals surface area contributed by atoms with Crippen LogP contribution in [-0.4, -0.2) is 49.0 Å². The third-order valence-electron chi connectivity index (χ3n) is 11.3. The summed E-state index contributed by atoms with van der Waals surface area (Å²) in [6.45, 7) is 0. The van der Waals surface area contributed by atoms with Crippen molar-refractivity contribution in [2.75, 3.05) is 0 Å². The van der Waals surface area contributed by atoms with Gasteiger partial charge in [-0.15, -0.1) is 11.3 Å². The average Bonchev–Trinajstić information content (AvgIpc) is 3.76. The molecule has 0 spiro atoms. The number of hydrogen-bond acceptors (Lipinski definition) is 4. The molecule has 0 fully saturated rings. The van der Waals surface area contributed by atoms with Crippen LogP contribution in [0.3, 0.4) is 0 Å². The lowest BCUT2D eigenvalue weighted by atomic mass is 9.45. The molecule has 8 heteroatoms. The first-order valence-electron chi connectivity index (χ1n) is 18.0. The maximum Gasteiger partial charge on any atom is 0.177 e. The maximum atomic E-state index is 11.0. The second-order valence-corrected chi connectivity index (χ2v) is 15.8. The van der Waals surface area contributed by atoms with Crippen LogP contribution in [0.15, 0.2) is 152 Å². The van der Waals surface area contributed by atoms with E-state index in [0.717, 1.165) is 33.1 Å². The van der Waals surface area contributed by atoms with Crippen LogP contribution in [-0.2, 0) is 5.21 Å². The standard InChI is InChI=1S/C45H33B3N2O2S/c46-44(47,45(48,51)52)43-49-35-20-8-9-21-37(35)50(43)36-25-24-32(26-12-1-2-13-27(26)36)40-28-14-3-5-16-30(28)41(31-17-6-4-15-29(31)40)34-19-11-23-39-42(34)33-18-7-10-22-38(33)53-39/h1-25,51-52H,46-48H2. The number of para-hydroxylation sites is 2. The molecule has 2 heterocycles. The van der Waals surface area contributed by atoms with Gasteiger partial charge in [0.25, 0.3) is 0 Å². The van der Waals surface area contributed by atoms with E-state index in [2.05, 4.69) is 132 Å². The van der Waals surface area contributed by atoms with Crippen LogP contribution in [0, 0.1) is 0 Å². The molecule has 0 unspecified atom stereocenters. The molecule has 10 rings (SSSR count). The number of rotatable bonds is 5. The van der Waals surface area contributed by atoms with Crippen LogP contribution in [0.5, 0.6) is 0 Å². The largest absolute Gasteiger partial charge is 0.375 e. The number of imidazole rings is 1. The van der Waals surface area contributed by atoms with E-state index in [1.807, 2.05) is 51.3 Å². The average molecular weight is 698 g/mol. The Hall–Kier alpha value is -5.66. The summed E-state index contributed by atoms with van der Waals surface area (Å²) in [6, 6.07) is 54.1. The Kier molecular flexibility index (Phi) is 7.06. The van der Waals surface area contributed by atoms with Gasteiger partial charge < -0.3 is 10.2 Å². The Morgan fingerprint density at radius 2 is 1.02 bits per heavy atom. The number of fused-ring (bicyclic) bond motifs is 7.